The fourth-order valence-electron chi connectivity index (χ4n) is 2.53. The summed E-state index contributed by atoms with van der Waals surface area (Å²) in [5, 5.41) is 24.7. The standard InChI is InChI=1S/C15H15N7S/c1-2-8-21-13(3-1)16-17-14(21)6-9-22-15(18-19-20-22)5-4-12-7-10-23-11-12/h1-3,7-8,10-11H,4-6,9H2. The Labute approximate surface area is 136 Å². The van der Waals surface area contributed by atoms with Gasteiger partial charge in [0.2, 0.25) is 0 Å². The summed E-state index contributed by atoms with van der Waals surface area (Å²) in [7, 11) is 0. The van der Waals surface area contributed by atoms with Gasteiger partial charge >= 0.3 is 0 Å². The molecule has 4 aromatic rings. The van der Waals surface area contributed by atoms with Crippen LogP contribution in [0, 0.1) is 0 Å². The van der Waals surface area contributed by atoms with Gasteiger partial charge in [0, 0.05) is 19.0 Å². The molecule has 0 aromatic carbocycles. The highest BCUT2D eigenvalue weighted by atomic mass is 32.1. The molecule has 0 N–H and O–H groups in total. The Balaban J connectivity index is 1.44. The minimum absolute atomic E-state index is 0.696. The first-order valence-corrected chi connectivity index (χ1v) is 8.39. The maximum atomic E-state index is 4.24. The maximum absolute atomic E-state index is 4.24. The summed E-state index contributed by atoms with van der Waals surface area (Å²) in [6.07, 6.45) is 4.51. The predicted octanol–water partition coefficient (Wildman–Crippen LogP) is 1.81. The van der Waals surface area contributed by atoms with Gasteiger partial charge in [0.1, 0.15) is 5.82 Å². The zero-order valence-electron chi connectivity index (χ0n) is 12.4. The monoisotopic (exact) mass is 325 g/mol. The van der Waals surface area contributed by atoms with Gasteiger partial charge in [0.15, 0.2) is 11.5 Å². The third-order valence-corrected chi connectivity index (χ3v) is 4.49. The fraction of sp³-hybridized carbons (Fsp3) is 0.267. The van der Waals surface area contributed by atoms with Crippen molar-refractivity contribution in [1.82, 2.24) is 34.8 Å². The van der Waals surface area contributed by atoms with Crippen LogP contribution in [0.3, 0.4) is 0 Å². The van der Waals surface area contributed by atoms with Crippen molar-refractivity contribution in [3.05, 3.63) is 58.4 Å². The van der Waals surface area contributed by atoms with E-state index >= 15 is 0 Å². The molecule has 0 amide bonds. The molecule has 0 unspecified atom stereocenters. The van der Waals surface area contributed by atoms with Gasteiger partial charge in [-0.2, -0.15) is 11.3 Å². The summed E-state index contributed by atoms with van der Waals surface area (Å²) in [6, 6.07) is 8.02. The van der Waals surface area contributed by atoms with Crippen LogP contribution >= 0.6 is 11.3 Å². The summed E-state index contributed by atoms with van der Waals surface area (Å²) >= 11 is 1.71. The molecule has 0 aliphatic rings. The molecule has 0 atom stereocenters. The van der Waals surface area contributed by atoms with Crippen molar-refractivity contribution in [3.8, 4) is 0 Å². The number of aryl methyl sites for hydroxylation is 4. The van der Waals surface area contributed by atoms with E-state index in [1.165, 1.54) is 5.56 Å². The van der Waals surface area contributed by atoms with Gasteiger partial charge in [0.25, 0.3) is 0 Å². The van der Waals surface area contributed by atoms with Gasteiger partial charge < -0.3 is 0 Å². The van der Waals surface area contributed by atoms with Crippen LogP contribution in [0.4, 0.5) is 0 Å². The molecule has 0 radical (unpaired) electrons. The van der Waals surface area contributed by atoms with E-state index in [0.717, 1.165) is 36.6 Å². The molecule has 4 heterocycles. The Hall–Kier alpha value is -2.61. The number of hydrogen-bond donors (Lipinski definition) is 0. The van der Waals surface area contributed by atoms with E-state index < -0.39 is 0 Å². The van der Waals surface area contributed by atoms with Crippen molar-refractivity contribution >= 4 is 17.0 Å². The van der Waals surface area contributed by atoms with E-state index in [2.05, 4.69) is 42.5 Å². The zero-order valence-corrected chi connectivity index (χ0v) is 13.2. The third-order valence-electron chi connectivity index (χ3n) is 3.75. The quantitative estimate of drug-likeness (QED) is 0.540. The first-order chi connectivity index (χ1) is 11.4. The number of fused-ring (bicyclic) bond motifs is 1. The number of hydrogen-bond acceptors (Lipinski definition) is 6. The van der Waals surface area contributed by atoms with E-state index in [0.29, 0.717) is 6.54 Å². The van der Waals surface area contributed by atoms with Crippen molar-refractivity contribution < 1.29 is 0 Å². The topological polar surface area (TPSA) is 73.8 Å². The second-order valence-corrected chi connectivity index (χ2v) is 6.02. The summed E-state index contributed by atoms with van der Waals surface area (Å²) < 4.78 is 3.85. The van der Waals surface area contributed by atoms with Crippen LogP contribution in [0.5, 0.6) is 0 Å². The van der Waals surface area contributed by atoms with E-state index in [1.807, 2.05) is 33.5 Å². The minimum atomic E-state index is 0.696. The molecule has 0 saturated heterocycles. The molecular weight excluding hydrogens is 310 g/mol. The van der Waals surface area contributed by atoms with Crippen molar-refractivity contribution in [1.29, 1.82) is 0 Å². The minimum Gasteiger partial charge on any atom is -0.286 e. The molecule has 116 valence electrons. The average molecular weight is 325 g/mol. The van der Waals surface area contributed by atoms with Crippen LogP contribution in [0.1, 0.15) is 17.2 Å². The molecule has 0 spiro atoms. The molecule has 8 heteroatoms. The number of rotatable bonds is 6. The van der Waals surface area contributed by atoms with Crippen LogP contribution in [-0.4, -0.2) is 34.8 Å². The predicted molar refractivity (Wildman–Crippen MR) is 86.2 cm³/mol. The maximum Gasteiger partial charge on any atom is 0.160 e. The number of nitrogens with zero attached hydrogens (tertiary/aromatic N) is 7. The van der Waals surface area contributed by atoms with Crippen LogP contribution in [-0.2, 0) is 25.8 Å². The second kappa shape index (κ2) is 6.25. The Morgan fingerprint density at radius 1 is 0.957 bits per heavy atom. The van der Waals surface area contributed by atoms with Gasteiger partial charge in [-0.05, 0) is 51.4 Å². The average Bonchev–Trinajstić information content (AvgIpc) is 3.31. The van der Waals surface area contributed by atoms with Crippen molar-refractivity contribution in [2.75, 3.05) is 0 Å². The normalized spacial score (nSPS) is 11.3. The first kappa shape index (κ1) is 14.0. The van der Waals surface area contributed by atoms with Gasteiger partial charge in [-0.1, -0.05) is 6.07 Å². The Morgan fingerprint density at radius 3 is 2.87 bits per heavy atom. The lowest BCUT2D eigenvalue weighted by molar-refractivity contribution is 0.551. The van der Waals surface area contributed by atoms with Gasteiger partial charge in [-0.3, -0.25) is 4.40 Å². The van der Waals surface area contributed by atoms with Gasteiger partial charge in [0.05, 0.1) is 6.54 Å². The lowest BCUT2D eigenvalue weighted by atomic mass is 10.2. The lowest BCUT2D eigenvalue weighted by Crippen LogP contribution is -2.10. The van der Waals surface area contributed by atoms with E-state index in [1.54, 1.807) is 11.3 Å². The molecule has 0 fully saturated rings. The summed E-state index contributed by atoms with van der Waals surface area (Å²) in [6.45, 7) is 0.696. The van der Waals surface area contributed by atoms with Crippen molar-refractivity contribution in [2.24, 2.45) is 0 Å². The van der Waals surface area contributed by atoms with Gasteiger partial charge in [-0.15, -0.1) is 15.3 Å². The highest BCUT2D eigenvalue weighted by molar-refractivity contribution is 7.07. The number of tetrazole rings is 1. The third kappa shape index (κ3) is 2.98. The number of thiophene rings is 1. The molecule has 4 rings (SSSR count). The number of aromatic nitrogens is 7. The Kier molecular flexibility index (Phi) is 3.81. The lowest BCUT2D eigenvalue weighted by Gasteiger charge is -2.03. The second-order valence-electron chi connectivity index (χ2n) is 5.24. The highest BCUT2D eigenvalue weighted by Gasteiger charge is 2.09. The molecule has 0 bridgehead atoms. The fourth-order valence-corrected chi connectivity index (χ4v) is 3.24. The first-order valence-electron chi connectivity index (χ1n) is 7.45. The van der Waals surface area contributed by atoms with Gasteiger partial charge in [-0.25, -0.2) is 4.68 Å². The molecule has 0 aliphatic carbocycles. The SMILES string of the molecule is c1ccn2c(CCn3nnnc3CCc3ccsc3)nnc2c1. The smallest absolute Gasteiger partial charge is 0.160 e. The molecule has 0 aliphatic heterocycles. The molecule has 23 heavy (non-hydrogen) atoms. The van der Waals surface area contributed by atoms with Crippen LogP contribution in [0.2, 0.25) is 0 Å². The summed E-state index contributed by atoms with van der Waals surface area (Å²) in [4.78, 5) is 0. The van der Waals surface area contributed by atoms with E-state index in [9.17, 15) is 0 Å². The van der Waals surface area contributed by atoms with Crippen LogP contribution in [0.15, 0.2) is 41.2 Å². The zero-order chi connectivity index (χ0) is 15.5. The van der Waals surface area contributed by atoms with Crippen molar-refractivity contribution in [3.63, 3.8) is 0 Å². The summed E-state index contributed by atoms with van der Waals surface area (Å²) in [5.74, 6) is 1.82. The Morgan fingerprint density at radius 2 is 1.96 bits per heavy atom. The van der Waals surface area contributed by atoms with Crippen LogP contribution in [0.25, 0.3) is 5.65 Å². The van der Waals surface area contributed by atoms with Crippen LogP contribution < -0.4 is 0 Å². The van der Waals surface area contributed by atoms with Crippen molar-refractivity contribution in [2.45, 2.75) is 25.8 Å². The molecule has 7 nitrogen and oxygen atoms in total. The van der Waals surface area contributed by atoms with E-state index in [-0.39, 0.29) is 0 Å². The summed E-state index contributed by atoms with van der Waals surface area (Å²) in [5.41, 5.74) is 2.19. The van der Waals surface area contributed by atoms with E-state index in [4.69, 9.17) is 0 Å². The largest absolute Gasteiger partial charge is 0.286 e. The Bertz CT molecular complexity index is 893. The molecule has 4 aromatic heterocycles. The highest BCUT2D eigenvalue weighted by Crippen LogP contribution is 2.10. The number of pyridine rings is 1. The molecule has 0 saturated carbocycles. The molecular formula is C15H15N7S.